The normalized spacial score (nSPS) is 10.7. The molecule has 0 bridgehead atoms. The molecular formula is C18H19N5OS2. The highest BCUT2D eigenvalue weighted by Gasteiger charge is 2.15. The Hall–Kier alpha value is -2.45. The first kappa shape index (κ1) is 18.3. The van der Waals surface area contributed by atoms with Gasteiger partial charge in [-0.2, -0.15) is 0 Å². The van der Waals surface area contributed by atoms with Crippen molar-refractivity contribution in [2.24, 2.45) is 0 Å². The van der Waals surface area contributed by atoms with Crippen LogP contribution in [0.4, 0.5) is 5.13 Å². The Labute approximate surface area is 160 Å². The molecule has 0 unspecified atom stereocenters. The Morgan fingerprint density at radius 1 is 1.38 bits per heavy atom. The van der Waals surface area contributed by atoms with Crippen LogP contribution in [0.5, 0.6) is 0 Å². The number of aryl methyl sites for hydroxylation is 2. The number of hydrogen-bond donors (Lipinski definition) is 1. The smallest absolute Gasteiger partial charge is 0.236 e. The highest BCUT2D eigenvalue weighted by atomic mass is 32.2. The molecule has 2 heterocycles. The summed E-state index contributed by atoms with van der Waals surface area (Å²) >= 11 is 2.76. The van der Waals surface area contributed by atoms with Crippen LogP contribution < -0.4 is 5.32 Å². The number of carbonyl (C=O) groups excluding carboxylic acids is 1. The first-order chi connectivity index (χ1) is 12.6. The molecule has 134 valence electrons. The van der Waals surface area contributed by atoms with Gasteiger partial charge in [0.25, 0.3) is 0 Å². The van der Waals surface area contributed by atoms with E-state index in [1.807, 2.05) is 42.0 Å². The van der Waals surface area contributed by atoms with Crippen LogP contribution in [0.3, 0.4) is 0 Å². The molecule has 0 fully saturated rings. The highest BCUT2D eigenvalue weighted by Crippen LogP contribution is 2.25. The number of carbonyl (C=O) groups is 1. The monoisotopic (exact) mass is 385 g/mol. The van der Waals surface area contributed by atoms with Crippen LogP contribution in [0.1, 0.15) is 11.3 Å². The Bertz CT molecular complexity index is 931. The van der Waals surface area contributed by atoms with Gasteiger partial charge in [0.15, 0.2) is 16.1 Å². The van der Waals surface area contributed by atoms with Gasteiger partial charge < -0.3 is 5.32 Å². The van der Waals surface area contributed by atoms with Crippen molar-refractivity contribution in [1.82, 2.24) is 19.7 Å². The number of aromatic nitrogens is 4. The Balaban J connectivity index is 1.73. The number of benzene rings is 1. The maximum Gasteiger partial charge on any atom is 0.236 e. The molecule has 6 nitrogen and oxygen atoms in total. The summed E-state index contributed by atoms with van der Waals surface area (Å²) in [4.78, 5) is 16.4. The summed E-state index contributed by atoms with van der Waals surface area (Å²) in [5.74, 6) is 0.892. The minimum atomic E-state index is -0.116. The molecule has 8 heteroatoms. The van der Waals surface area contributed by atoms with Crippen molar-refractivity contribution in [3.63, 3.8) is 0 Å². The zero-order valence-electron chi connectivity index (χ0n) is 14.6. The zero-order chi connectivity index (χ0) is 18.5. The van der Waals surface area contributed by atoms with Gasteiger partial charge in [-0.25, -0.2) is 4.98 Å². The fourth-order valence-corrected chi connectivity index (χ4v) is 3.84. The molecule has 0 radical (unpaired) electrons. The molecule has 2 aromatic heterocycles. The topological polar surface area (TPSA) is 72.7 Å². The van der Waals surface area contributed by atoms with Crippen molar-refractivity contribution in [3.05, 3.63) is 53.6 Å². The van der Waals surface area contributed by atoms with Gasteiger partial charge in [-0.1, -0.05) is 41.6 Å². The number of nitrogens with zero attached hydrogens (tertiary/aromatic N) is 4. The summed E-state index contributed by atoms with van der Waals surface area (Å²) in [6, 6.07) is 8.10. The van der Waals surface area contributed by atoms with Crippen LogP contribution in [0.15, 0.2) is 47.5 Å². The van der Waals surface area contributed by atoms with E-state index in [2.05, 4.69) is 33.1 Å². The average Bonchev–Trinajstić information content (AvgIpc) is 3.20. The Morgan fingerprint density at radius 3 is 2.92 bits per heavy atom. The lowest BCUT2D eigenvalue weighted by Crippen LogP contribution is -2.14. The first-order valence-corrected chi connectivity index (χ1v) is 9.89. The molecule has 0 aliphatic rings. The quantitative estimate of drug-likeness (QED) is 0.493. The first-order valence-electron chi connectivity index (χ1n) is 8.02. The molecule has 0 aliphatic carbocycles. The van der Waals surface area contributed by atoms with Gasteiger partial charge in [-0.05, 0) is 19.9 Å². The summed E-state index contributed by atoms with van der Waals surface area (Å²) in [6.07, 6.45) is 1.80. The summed E-state index contributed by atoms with van der Waals surface area (Å²) in [6.45, 7) is 8.32. The van der Waals surface area contributed by atoms with Crippen molar-refractivity contribution in [3.8, 4) is 11.4 Å². The maximum atomic E-state index is 12.1. The maximum absolute atomic E-state index is 12.1. The van der Waals surface area contributed by atoms with Crippen molar-refractivity contribution in [2.45, 2.75) is 25.5 Å². The third-order valence-corrected chi connectivity index (χ3v) is 5.34. The molecular weight excluding hydrogens is 366 g/mol. The minimum absolute atomic E-state index is 0.116. The van der Waals surface area contributed by atoms with Crippen LogP contribution >= 0.6 is 23.1 Å². The van der Waals surface area contributed by atoms with Gasteiger partial charge in [0.2, 0.25) is 5.91 Å². The molecule has 0 saturated carbocycles. The van der Waals surface area contributed by atoms with Crippen LogP contribution in [0.2, 0.25) is 0 Å². The van der Waals surface area contributed by atoms with E-state index in [1.54, 1.807) is 6.08 Å². The molecule has 0 atom stereocenters. The SMILES string of the molecule is C=CCn1c(SCC(=O)Nc2nc(C)cs2)nnc1-c1cccc(C)c1. The zero-order valence-corrected chi connectivity index (χ0v) is 16.2. The standard InChI is InChI=1S/C18H19N5OS2/c1-4-8-23-16(14-7-5-6-12(2)9-14)21-22-18(23)26-11-15(24)20-17-19-13(3)10-25-17/h4-7,9-10H,1,8,11H2,2-3H3,(H,19,20,24). The third-order valence-electron chi connectivity index (χ3n) is 3.50. The summed E-state index contributed by atoms with van der Waals surface area (Å²) in [5.41, 5.74) is 3.04. The number of anilines is 1. The van der Waals surface area contributed by atoms with E-state index in [9.17, 15) is 4.79 Å². The van der Waals surface area contributed by atoms with Crippen molar-refractivity contribution in [2.75, 3.05) is 11.1 Å². The van der Waals surface area contributed by atoms with Crippen molar-refractivity contribution in [1.29, 1.82) is 0 Å². The van der Waals surface area contributed by atoms with Gasteiger partial charge in [0.05, 0.1) is 11.4 Å². The second kappa shape index (κ2) is 8.29. The lowest BCUT2D eigenvalue weighted by atomic mass is 10.1. The molecule has 1 amide bonds. The largest absolute Gasteiger partial charge is 0.301 e. The van der Waals surface area contributed by atoms with E-state index < -0.39 is 0 Å². The molecule has 0 saturated heterocycles. The van der Waals surface area contributed by atoms with Gasteiger partial charge in [-0.3, -0.25) is 9.36 Å². The molecule has 0 aliphatic heterocycles. The molecule has 3 aromatic rings. The number of amides is 1. The number of thioether (sulfide) groups is 1. The van der Waals surface area contributed by atoms with E-state index in [0.29, 0.717) is 16.8 Å². The van der Waals surface area contributed by atoms with Gasteiger partial charge >= 0.3 is 0 Å². The van der Waals surface area contributed by atoms with E-state index >= 15 is 0 Å². The predicted octanol–water partition coefficient (Wildman–Crippen LogP) is 3.94. The lowest BCUT2D eigenvalue weighted by Gasteiger charge is -2.08. The van der Waals surface area contributed by atoms with E-state index in [1.165, 1.54) is 23.1 Å². The number of nitrogens with one attached hydrogen (secondary N) is 1. The second-order valence-corrected chi connectivity index (χ2v) is 7.51. The highest BCUT2D eigenvalue weighted by molar-refractivity contribution is 7.99. The average molecular weight is 386 g/mol. The number of allylic oxidation sites excluding steroid dienone is 1. The van der Waals surface area contributed by atoms with E-state index in [4.69, 9.17) is 0 Å². The van der Waals surface area contributed by atoms with Gasteiger partial charge in [0.1, 0.15) is 0 Å². The Kier molecular flexibility index (Phi) is 5.85. The lowest BCUT2D eigenvalue weighted by molar-refractivity contribution is -0.113. The van der Waals surface area contributed by atoms with Crippen LogP contribution in [0.25, 0.3) is 11.4 Å². The van der Waals surface area contributed by atoms with Crippen molar-refractivity contribution >= 4 is 34.1 Å². The fourth-order valence-electron chi connectivity index (χ4n) is 2.38. The van der Waals surface area contributed by atoms with E-state index in [-0.39, 0.29) is 11.7 Å². The molecule has 3 rings (SSSR count). The van der Waals surface area contributed by atoms with E-state index in [0.717, 1.165) is 22.6 Å². The fraction of sp³-hybridized carbons (Fsp3) is 0.222. The molecule has 1 aromatic carbocycles. The van der Waals surface area contributed by atoms with Crippen LogP contribution in [-0.2, 0) is 11.3 Å². The van der Waals surface area contributed by atoms with Gasteiger partial charge in [-0.15, -0.1) is 28.1 Å². The Morgan fingerprint density at radius 2 is 2.23 bits per heavy atom. The number of hydrogen-bond acceptors (Lipinski definition) is 6. The summed E-state index contributed by atoms with van der Waals surface area (Å²) in [5, 5.41) is 14.6. The van der Waals surface area contributed by atoms with Crippen LogP contribution in [-0.4, -0.2) is 31.4 Å². The number of rotatable bonds is 7. The second-order valence-electron chi connectivity index (χ2n) is 5.71. The molecule has 0 spiro atoms. The minimum Gasteiger partial charge on any atom is -0.301 e. The van der Waals surface area contributed by atoms with Crippen molar-refractivity contribution < 1.29 is 4.79 Å². The number of thiazole rings is 1. The molecule has 1 N–H and O–H groups in total. The van der Waals surface area contributed by atoms with Gasteiger partial charge in [0, 0.05) is 17.5 Å². The summed E-state index contributed by atoms with van der Waals surface area (Å²) in [7, 11) is 0. The predicted molar refractivity (Wildman–Crippen MR) is 107 cm³/mol. The summed E-state index contributed by atoms with van der Waals surface area (Å²) < 4.78 is 1.97. The third kappa shape index (κ3) is 4.39. The molecule has 26 heavy (non-hydrogen) atoms. The van der Waals surface area contributed by atoms with Crippen LogP contribution in [0, 0.1) is 13.8 Å².